The van der Waals surface area contributed by atoms with Crippen LogP contribution in [-0.4, -0.2) is 25.2 Å². The molecule has 0 aliphatic carbocycles. The summed E-state index contributed by atoms with van der Waals surface area (Å²) >= 11 is 0. The first-order valence-corrected chi connectivity index (χ1v) is 6.37. The van der Waals surface area contributed by atoms with Crippen molar-refractivity contribution in [2.24, 2.45) is 0 Å². The standard InChI is InChI=1S/C15H17FO4/c1-3-19-14(17)7-5-6-11-8-9-13(16)12(10-11)15(18)20-4-2/h5-6,8-10H,3-4,7H2,1-2H3. The lowest BCUT2D eigenvalue weighted by molar-refractivity contribution is -0.142. The van der Waals surface area contributed by atoms with Crippen molar-refractivity contribution >= 4 is 18.0 Å². The third-order valence-electron chi connectivity index (χ3n) is 2.39. The zero-order valence-corrected chi connectivity index (χ0v) is 11.5. The van der Waals surface area contributed by atoms with E-state index < -0.39 is 11.8 Å². The molecule has 0 heterocycles. The van der Waals surface area contributed by atoms with Crippen LogP contribution in [0.3, 0.4) is 0 Å². The van der Waals surface area contributed by atoms with Crippen LogP contribution in [0.25, 0.3) is 6.08 Å². The zero-order chi connectivity index (χ0) is 15.0. The van der Waals surface area contributed by atoms with Crippen LogP contribution in [0, 0.1) is 5.82 Å². The molecule has 0 saturated heterocycles. The molecule has 5 heteroatoms. The first-order valence-electron chi connectivity index (χ1n) is 6.37. The molecule has 0 fully saturated rings. The molecule has 0 amide bonds. The molecule has 0 unspecified atom stereocenters. The van der Waals surface area contributed by atoms with Crippen molar-refractivity contribution < 1.29 is 23.5 Å². The van der Waals surface area contributed by atoms with Gasteiger partial charge in [0.15, 0.2) is 0 Å². The molecule has 20 heavy (non-hydrogen) atoms. The van der Waals surface area contributed by atoms with Crippen LogP contribution in [-0.2, 0) is 14.3 Å². The maximum absolute atomic E-state index is 13.5. The monoisotopic (exact) mass is 280 g/mol. The lowest BCUT2D eigenvalue weighted by Gasteiger charge is -2.04. The number of carbonyl (C=O) groups is 2. The molecule has 0 aliphatic heterocycles. The van der Waals surface area contributed by atoms with Gasteiger partial charge in [-0.05, 0) is 31.5 Å². The molecule has 0 saturated carbocycles. The highest BCUT2D eigenvalue weighted by Crippen LogP contribution is 2.13. The van der Waals surface area contributed by atoms with Crippen molar-refractivity contribution in [3.63, 3.8) is 0 Å². The van der Waals surface area contributed by atoms with Crippen molar-refractivity contribution in [1.29, 1.82) is 0 Å². The van der Waals surface area contributed by atoms with Crippen LogP contribution in [0.15, 0.2) is 24.3 Å². The highest BCUT2D eigenvalue weighted by Gasteiger charge is 2.12. The fourth-order valence-electron chi connectivity index (χ4n) is 1.52. The predicted octanol–water partition coefficient (Wildman–Crippen LogP) is 2.97. The zero-order valence-electron chi connectivity index (χ0n) is 11.5. The van der Waals surface area contributed by atoms with Gasteiger partial charge < -0.3 is 9.47 Å². The molecule has 108 valence electrons. The van der Waals surface area contributed by atoms with Gasteiger partial charge in [0.05, 0.1) is 25.2 Å². The second kappa shape index (κ2) is 8.09. The summed E-state index contributed by atoms with van der Waals surface area (Å²) in [5, 5.41) is 0. The minimum Gasteiger partial charge on any atom is -0.466 e. The van der Waals surface area contributed by atoms with Crippen molar-refractivity contribution in [3.05, 3.63) is 41.2 Å². The lowest BCUT2D eigenvalue weighted by atomic mass is 10.1. The number of esters is 2. The van der Waals surface area contributed by atoms with E-state index in [0.29, 0.717) is 12.2 Å². The van der Waals surface area contributed by atoms with E-state index in [4.69, 9.17) is 9.47 Å². The maximum atomic E-state index is 13.5. The van der Waals surface area contributed by atoms with E-state index in [2.05, 4.69) is 0 Å². The van der Waals surface area contributed by atoms with Crippen molar-refractivity contribution in [3.8, 4) is 0 Å². The Kier molecular flexibility index (Phi) is 6.43. The summed E-state index contributed by atoms with van der Waals surface area (Å²) in [6, 6.07) is 4.09. The predicted molar refractivity (Wildman–Crippen MR) is 72.6 cm³/mol. The SMILES string of the molecule is CCOC(=O)CC=Cc1ccc(F)c(C(=O)OCC)c1. The van der Waals surface area contributed by atoms with Crippen LogP contribution >= 0.6 is 0 Å². The van der Waals surface area contributed by atoms with E-state index in [9.17, 15) is 14.0 Å². The number of rotatable bonds is 6. The Hall–Kier alpha value is -2.17. The second-order valence-electron chi connectivity index (χ2n) is 3.87. The van der Waals surface area contributed by atoms with Crippen molar-refractivity contribution in [1.82, 2.24) is 0 Å². The molecule has 0 radical (unpaired) electrons. The Morgan fingerprint density at radius 2 is 1.90 bits per heavy atom. The number of halogens is 1. The summed E-state index contributed by atoms with van der Waals surface area (Å²) < 4.78 is 23.0. The van der Waals surface area contributed by atoms with Gasteiger partial charge in [-0.3, -0.25) is 4.79 Å². The summed E-state index contributed by atoms with van der Waals surface area (Å²) in [5.41, 5.74) is 0.490. The van der Waals surface area contributed by atoms with Gasteiger partial charge in [-0.1, -0.05) is 18.2 Å². The average molecular weight is 280 g/mol. The average Bonchev–Trinajstić information content (AvgIpc) is 2.41. The Balaban J connectivity index is 2.77. The van der Waals surface area contributed by atoms with Crippen LogP contribution in [0.2, 0.25) is 0 Å². The van der Waals surface area contributed by atoms with Gasteiger partial charge in [0.1, 0.15) is 5.82 Å². The van der Waals surface area contributed by atoms with Gasteiger partial charge in [-0.25, -0.2) is 9.18 Å². The van der Waals surface area contributed by atoms with Crippen LogP contribution < -0.4 is 0 Å². The molecule has 0 bridgehead atoms. The quantitative estimate of drug-likeness (QED) is 0.752. The van der Waals surface area contributed by atoms with E-state index in [1.165, 1.54) is 18.2 Å². The molecule has 0 aliphatic rings. The minimum atomic E-state index is -0.703. The first kappa shape index (κ1) is 15.9. The molecule has 1 aromatic rings. The summed E-state index contributed by atoms with van der Waals surface area (Å²) in [4.78, 5) is 22.7. The van der Waals surface area contributed by atoms with E-state index in [-0.39, 0.29) is 24.6 Å². The Labute approximate surface area is 117 Å². The van der Waals surface area contributed by atoms with E-state index in [1.807, 2.05) is 0 Å². The first-order chi connectivity index (χ1) is 9.58. The number of ether oxygens (including phenoxy) is 2. The van der Waals surface area contributed by atoms with Gasteiger partial charge in [0, 0.05) is 0 Å². The number of carbonyl (C=O) groups excluding carboxylic acids is 2. The number of hydrogen-bond acceptors (Lipinski definition) is 4. The van der Waals surface area contributed by atoms with Gasteiger partial charge in [0.25, 0.3) is 0 Å². The molecule has 1 aromatic carbocycles. The van der Waals surface area contributed by atoms with Crippen molar-refractivity contribution in [2.75, 3.05) is 13.2 Å². The molecular formula is C15H17FO4. The number of benzene rings is 1. The fraction of sp³-hybridized carbons (Fsp3) is 0.333. The highest BCUT2D eigenvalue weighted by atomic mass is 19.1. The molecule has 0 spiro atoms. The van der Waals surface area contributed by atoms with Gasteiger partial charge in [0.2, 0.25) is 0 Å². The summed E-state index contributed by atoms with van der Waals surface area (Å²) in [6.45, 7) is 3.89. The maximum Gasteiger partial charge on any atom is 0.341 e. The molecule has 4 nitrogen and oxygen atoms in total. The van der Waals surface area contributed by atoms with E-state index >= 15 is 0 Å². The normalized spacial score (nSPS) is 10.6. The number of hydrogen-bond donors (Lipinski definition) is 0. The van der Waals surface area contributed by atoms with E-state index in [0.717, 1.165) is 0 Å². The van der Waals surface area contributed by atoms with Gasteiger partial charge in [-0.2, -0.15) is 0 Å². The van der Waals surface area contributed by atoms with Crippen LogP contribution in [0.5, 0.6) is 0 Å². The van der Waals surface area contributed by atoms with E-state index in [1.54, 1.807) is 26.0 Å². The van der Waals surface area contributed by atoms with Gasteiger partial charge >= 0.3 is 11.9 Å². The smallest absolute Gasteiger partial charge is 0.341 e. The van der Waals surface area contributed by atoms with Crippen molar-refractivity contribution in [2.45, 2.75) is 20.3 Å². The molecular weight excluding hydrogens is 263 g/mol. The molecule has 1 rings (SSSR count). The largest absolute Gasteiger partial charge is 0.466 e. The topological polar surface area (TPSA) is 52.6 Å². The van der Waals surface area contributed by atoms with Crippen LogP contribution in [0.4, 0.5) is 4.39 Å². The van der Waals surface area contributed by atoms with Crippen LogP contribution in [0.1, 0.15) is 36.2 Å². The summed E-state index contributed by atoms with van der Waals surface area (Å²) in [7, 11) is 0. The third kappa shape index (κ3) is 4.84. The van der Waals surface area contributed by atoms with Gasteiger partial charge in [-0.15, -0.1) is 0 Å². The summed E-state index contributed by atoms with van der Waals surface area (Å²) in [6.07, 6.45) is 3.35. The summed E-state index contributed by atoms with van der Waals surface area (Å²) in [5.74, 6) is -1.67. The Morgan fingerprint density at radius 1 is 1.20 bits per heavy atom. The Morgan fingerprint density at radius 3 is 2.55 bits per heavy atom. The molecule has 0 atom stereocenters. The fourth-order valence-corrected chi connectivity index (χ4v) is 1.52. The Bertz CT molecular complexity index is 509. The lowest BCUT2D eigenvalue weighted by Crippen LogP contribution is -2.07. The molecule has 0 N–H and O–H groups in total. The second-order valence-corrected chi connectivity index (χ2v) is 3.87. The third-order valence-corrected chi connectivity index (χ3v) is 2.39. The minimum absolute atomic E-state index is 0.120. The molecule has 0 aromatic heterocycles. The highest BCUT2D eigenvalue weighted by molar-refractivity contribution is 5.90.